The minimum Gasteiger partial charge on any atom is -0.310 e. The Bertz CT molecular complexity index is 514. The third-order valence-corrected chi connectivity index (χ3v) is 5.01. The normalized spacial score (nSPS) is 30.6. The first-order chi connectivity index (χ1) is 9.74. The molecule has 1 aliphatic carbocycles. The highest BCUT2D eigenvalue weighted by molar-refractivity contribution is 5.96. The van der Waals surface area contributed by atoms with Crippen molar-refractivity contribution in [1.29, 1.82) is 0 Å². The van der Waals surface area contributed by atoms with Crippen LogP contribution in [0.4, 0.5) is 5.69 Å². The molecular formula is C16H21N3O. The van der Waals surface area contributed by atoms with Gasteiger partial charge in [0.15, 0.2) is 0 Å². The summed E-state index contributed by atoms with van der Waals surface area (Å²) in [6.07, 6.45) is 8.25. The van der Waals surface area contributed by atoms with Gasteiger partial charge in [-0.3, -0.25) is 9.78 Å². The zero-order chi connectivity index (χ0) is 13.6. The summed E-state index contributed by atoms with van der Waals surface area (Å²) in [5.74, 6) is 1.21. The van der Waals surface area contributed by atoms with Crippen LogP contribution in [0.3, 0.4) is 0 Å². The van der Waals surface area contributed by atoms with Gasteiger partial charge < -0.3 is 9.80 Å². The van der Waals surface area contributed by atoms with Crippen LogP contribution in [0.25, 0.3) is 0 Å². The number of rotatable bonds is 3. The van der Waals surface area contributed by atoms with E-state index in [0.29, 0.717) is 6.42 Å². The van der Waals surface area contributed by atoms with Crippen molar-refractivity contribution >= 4 is 11.6 Å². The Morgan fingerprint density at radius 2 is 2.25 bits per heavy atom. The van der Waals surface area contributed by atoms with E-state index in [2.05, 4.69) is 9.88 Å². The van der Waals surface area contributed by atoms with Crippen LogP contribution in [0.5, 0.6) is 0 Å². The Morgan fingerprint density at radius 3 is 3.00 bits per heavy atom. The molecule has 3 fully saturated rings. The van der Waals surface area contributed by atoms with E-state index in [1.807, 2.05) is 17.0 Å². The number of aromatic nitrogens is 1. The van der Waals surface area contributed by atoms with Crippen LogP contribution in [-0.2, 0) is 4.79 Å². The van der Waals surface area contributed by atoms with Gasteiger partial charge >= 0.3 is 0 Å². The smallest absolute Gasteiger partial charge is 0.227 e. The highest BCUT2D eigenvalue weighted by atomic mass is 16.2. The molecule has 1 aromatic heterocycles. The maximum absolute atomic E-state index is 12.4. The summed E-state index contributed by atoms with van der Waals surface area (Å²) in [6, 6.07) is 3.89. The number of nitrogens with zero attached hydrogens (tertiary/aromatic N) is 3. The lowest BCUT2D eigenvalue weighted by atomic mass is 9.86. The third kappa shape index (κ3) is 2.22. The van der Waals surface area contributed by atoms with Gasteiger partial charge in [0.1, 0.15) is 0 Å². The summed E-state index contributed by atoms with van der Waals surface area (Å²) in [4.78, 5) is 21.0. The predicted octanol–water partition coefficient (Wildman–Crippen LogP) is 1.92. The van der Waals surface area contributed by atoms with Gasteiger partial charge in [-0.1, -0.05) is 0 Å². The molecule has 3 heterocycles. The van der Waals surface area contributed by atoms with Gasteiger partial charge in [-0.05, 0) is 43.9 Å². The average molecular weight is 271 g/mol. The Labute approximate surface area is 119 Å². The maximum atomic E-state index is 12.4. The molecule has 1 amide bonds. The van der Waals surface area contributed by atoms with Gasteiger partial charge in [-0.2, -0.15) is 0 Å². The van der Waals surface area contributed by atoms with E-state index in [1.54, 1.807) is 12.4 Å². The fourth-order valence-electron chi connectivity index (χ4n) is 3.77. The third-order valence-electron chi connectivity index (χ3n) is 5.01. The summed E-state index contributed by atoms with van der Waals surface area (Å²) >= 11 is 0. The second kappa shape index (κ2) is 4.55. The van der Waals surface area contributed by atoms with Crippen LogP contribution in [0.15, 0.2) is 24.5 Å². The van der Waals surface area contributed by atoms with Gasteiger partial charge in [-0.15, -0.1) is 0 Å². The quantitative estimate of drug-likeness (QED) is 0.842. The summed E-state index contributed by atoms with van der Waals surface area (Å²) in [5, 5.41) is 0. The lowest BCUT2D eigenvalue weighted by molar-refractivity contribution is -0.117. The lowest BCUT2D eigenvalue weighted by Gasteiger charge is -2.24. The van der Waals surface area contributed by atoms with E-state index in [-0.39, 0.29) is 11.3 Å². The van der Waals surface area contributed by atoms with Crippen molar-refractivity contribution in [2.45, 2.75) is 25.7 Å². The highest BCUT2D eigenvalue weighted by Crippen LogP contribution is 2.43. The molecule has 20 heavy (non-hydrogen) atoms. The molecule has 4 nitrogen and oxygen atoms in total. The number of anilines is 1. The molecule has 106 valence electrons. The molecule has 4 rings (SSSR count). The first-order valence-electron chi connectivity index (χ1n) is 7.67. The van der Waals surface area contributed by atoms with Gasteiger partial charge in [-0.25, -0.2) is 0 Å². The first-order valence-corrected chi connectivity index (χ1v) is 7.67. The summed E-state index contributed by atoms with van der Waals surface area (Å²) < 4.78 is 0. The Balaban J connectivity index is 1.47. The van der Waals surface area contributed by atoms with E-state index < -0.39 is 0 Å². The second-order valence-electron chi connectivity index (χ2n) is 6.80. The van der Waals surface area contributed by atoms with Crippen molar-refractivity contribution in [3.63, 3.8) is 0 Å². The van der Waals surface area contributed by atoms with Crippen LogP contribution in [0.1, 0.15) is 25.7 Å². The van der Waals surface area contributed by atoms with Gasteiger partial charge in [0.25, 0.3) is 0 Å². The molecular weight excluding hydrogens is 250 g/mol. The number of carbonyl (C=O) groups is 1. The van der Waals surface area contributed by atoms with E-state index in [0.717, 1.165) is 24.7 Å². The lowest BCUT2D eigenvalue weighted by Crippen LogP contribution is -2.32. The molecule has 2 aliphatic heterocycles. The van der Waals surface area contributed by atoms with Crippen LogP contribution < -0.4 is 4.90 Å². The Kier molecular flexibility index (Phi) is 2.81. The number of hydrogen-bond acceptors (Lipinski definition) is 3. The SMILES string of the molecule is O=C1C[C@]2(CCN(CC3CC3)C2)CN1c1cccnc1. The zero-order valence-corrected chi connectivity index (χ0v) is 11.8. The molecule has 1 spiro atoms. The van der Waals surface area contributed by atoms with E-state index in [9.17, 15) is 4.79 Å². The molecule has 0 aromatic carbocycles. The minimum absolute atomic E-state index is 0.196. The molecule has 3 aliphatic rings. The van der Waals surface area contributed by atoms with Gasteiger partial charge in [0.05, 0.1) is 11.9 Å². The van der Waals surface area contributed by atoms with Crippen molar-refractivity contribution < 1.29 is 4.79 Å². The molecule has 4 heteroatoms. The van der Waals surface area contributed by atoms with Crippen molar-refractivity contribution in [3.05, 3.63) is 24.5 Å². The zero-order valence-electron chi connectivity index (χ0n) is 11.8. The molecule has 0 N–H and O–H groups in total. The van der Waals surface area contributed by atoms with Gasteiger partial charge in [0.2, 0.25) is 5.91 Å². The summed E-state index contributed by atoms with van der Waals surface area (Å²) in [6.45, 7) is 4.40. The van der Waals surface area contributed by atoms with Gasteiger partial charge in [0, 0.05) is 37.7 Å². The first kappa shape index (κ1) is 12.3. The number of pyridine rings is 1. The number of amides is 1. The van der Waals surface area contributed by atoms with Crippen molar-refractivity contribution in [2.75, 3.05) is 31.1 Å². The topological polar surface area (TPSA) is 36.4 Å². The standard InChI is InChI=1S/C16H21N3O/c20-15-8-16(5-7-18(11-16)10-13-3-4-13)12-19(15)14-2-1-6-17-9-14/h1-2,6,9,13H,3-5,7-8,10-12H2/t16-/m0/s1. The fourth-order valence-corrected chi connectivity index (χ4v) is 3.77. The molecule has 2 saturated heterocycles. The fraction of sp³-hybridized carbons (Fsp3) is 0.625. The van der Waals surface area contributed by atoms with Crippen LogP contribution in [0, 0.1) is 11.3 Å². The van der Waals surface area contributed by atoms with Crippen LogP contribution in [-0.4, -0.2) is 42.0 Å². The van der Waals surface area contributed by atoms with E-state index >= 15 is 0 Å². The largest absolute Gasteiger partial charge is 0.310 e. The summed E-state index contributed by atoms with van der Waals surface area (Å²) in [5.41, 5.74) is 1.15. The molecule has 0 radical (unpaired) electrons. The summed E-state index contributed by atoms with van der Waals surface area (Å²) in [7, 11) is 0. The molecule has 0 bridgehead atoms. The molecule has 1 atom stereocenters. The van der Waals surface area contributed by atoms with E-state index in [1.165, 1.54) is 32.4 Å². The van der Waals surface area contributed by atoms with E-state index in [4.69, 9.17) is 0 Å². The molecule has 1 saturated carbocycles. The number of carbonyl (C=O) groups excluding carboxylic acids is 1. The monoisotopic (exact) mass is 271 g/mol. The van der Waals surface area contributed by atoms with Crippen LogP contribution >= 0.6 is 0 Å². The predicted molar refractivity (Wildman–Crippen MR) is 77.4 cm³/mol. The van der Waals surface area contributed by atoms with Crippen LogP contribution in [0.2, 0.25) is 0 Å². The highest BCUT2D eigenvalue weighted by Gasteiger charge is 2.48. The minimum atomic E-state index is 0.196. The Hall–Kier alpha value is -1.42. The van der Waals surface area contributed by atoms with Crippen molar-refractivity contribution in [1.82, 2.24) is 9.88 Å². The average Bonchev–Trinajstić information content (AvgIpc) is 3.10. The number of hydrogen-bond donors (Lipinski definition) is 0. The van der Waals surface area contributed by atoms with Crippen molar-refractivity contribution in [3.8, 4) is 0 Å². The Morgan fingerprint density at radius 1 is 1.35 bits per heavy atom. The maximum Gasteiger partial charge on any atom is 0.227 e. The molecule has 1 aromatic rings. The molecule has 0 unspecified atom stereocenters. The number of likely N-dealkylation sites (tertiary alicyclic amines) is 1. The second-order valence-corrected chi connectivity index (χ2v) is 6.80. The van der Waals surface area contributed by atoms with Crippen molar-refractivity contribution in [2.24, 2.45) is 11.3 Å².